The molecule has 0 radical (unpaired) electrons. The second-order valence-electron chi connectivity index (χ2n) is 4.88. The lowest BCUT2D eigenvalue weighted by Gasteiger charge is -2.04. The van der Waals surface area contributed by atoms with Gasteiger partial charge in [0, 0.05) is 23.7 Å². The number of Topliss-reactive ketones (excluding diaryl/α,β-unsaturated/α-hetero) is 1. The van der Waals surface area contributed by atoms with Crippen molar-refractivity contribution in [3.05, 3.63) is 90.1 Å². The van der Waals surface area contributed by atoms with Crippen LogP contribution in [0.25, 0.3) is 11.3 Å². The van der Waals surface area contributed by atoms with Gasteiger partial charge in [-0.05, 0) is 17.7 Å². The summed E-state index contributed by atoms with van der Waals surface area (Å²) >= 11 is 0. The molecule has 0 bridgehead atoms. The molecule has 0 aliphatic heterocycles. The maximum absolute atomic E-state index is 12.2. The van der Waals surface area contributed by atoms with Crippen molar-refractivity contribution in [2.24, 2.45) is 0 Å². The third kappa shape index (κ3) is 3.23. The van der Waals surface area contributed by atoms with Gasteiger partial charge in [0.2, 0.25) is 0 Å². The maximum Gasteiger partial charge on any atom is 0.168 e. The van der Waals surface area contributed by atoms with Crippen molar-refractivity contribution in [1.29, 1.82) is 0 Å². The summed E-state index contributed by atoms with van der Waals surface area (Å²) in [7, 11) is 0. The summed E-state index contributed by atoms with van der Waals surface area (Å²) in [6.45, 7) is 0. The fourth-order valence-corrected chi connectivity index (χ4v) is 2.22. The largest absolute Gasteiger partial charge is 0.294 e. The normalized spacial score (nSPS) is 10.3. The zero-order valence-electron chi connectivity index (χ0n) is 11.6. The van der Waals surface area contributed by atoms with Gasteiger partial charge in [0.15, 0.2) is 5.78 Å². The molecule has 1 aromatic heterocycles. The average Bonchev–Trinajstić information content (AvgIpc) is 2.57. The lowest BCUT2D eigenvalue weighted by molar-refractivity contribution is 0.0992. The number of carbonyl (C=O) groups excluding carboxylic acids is 1. The summed E-state index contributed by atoms with van der Waals surface area (Å²) in [5.41, 5.74) is 3.61. The van der Waals surface area contributed by atoms with Gasteiger partial charge in [0.25, 0.3) is 0 Å². The first-order valence-corrected chi connectivity index (χ1v) is 6.91. The minimum atomic E-state index is 0.0910. The number of nitrogens with zero attached hydrogens (tertiary/aromatic N) is 1. The minimum Gasteiger partial charge on any atom is -0.294 e. The standard InChI is InChI=1S/C19H15NO/c21-19(13-15-7-3-1-4-8-15)17-11-12-18(20-14-17)16-9-5-2-6-10-16/h1-12,14H,13H2. The Balaban J connectivity index is 1.77. The summed E-state index contributed by atoms with van der Waals surface area (Å²) in [6.07, 6.45) is 2.07. The molecule has 0 unspecified atom stereocenters. The predicted octanol–water partition coefficient (Wildman–Crippen LogP) is 4.17. The van der Waals surface area contributed by atoms with Crippen LogP contribution in [0.1, 0.15) is 15.9 Å². The Morgan fingerprint density at radius 2 is 1.48 bits per heavy atom. The van der Waals surface area contributed by atoms with E-state index in [-0.39, 0.29) is 5.78 Å². The quantitative estimate of drug-likeness (QED) is 0.668. The molecule has 0 saturated heterocycles. The van der Waals surface area contributed by atoms with Gasteiger partial charge in [-0.25, -0.2) is 0 Å². The van der Waals surface area contributed by atoms with E-state index in [9.17, 15) is 4.79 Å². The minimum absolute atomic E-state index is 0.0910. The number of ketones is 1. The Bertz CT molecular complexity index is 719. The van der Waals surface area contributed by atoms with E-state index in [2.05, 4.69) is 4.98 Å². The zero-order valence-corrected chi connectivity index (χ0v) is 11.6. The van der Waals surface area contributed by atoms with E-state index in [1.807, 2.05) is 72.8 Å². The smallest absolute Gasteiger partial charge is 0.168 e. The second-order valence-corrected chi connectivity index (χ2v) is 4.88. The molecule has 2 nitrogen and oxygen atoms in total. The van der Waals surface area contributed by atoms with Crippen LogP contribution in [-0.2, 0) is 6.42 Å². The monoisotopic (exact) mass is 273 g/mol. The van der Waals surface area contributed by atoms with Crippen molar-refractivity contribution in [2.45, 2.75) is 6.42 Å². The first kappa shape index (κ1) is 13.3. The van der Waals surface area contributed by atoms with Crippen LogP contribution in [0.5, 0.6) is 0 Å². The fraction of sp³-hybridized carbons (Fsp3) is 0.0526. The highest BCUT2D eigenvalue weighted by Crippen LogP contribution is 2.17. The molecular weight excluding hydrogens is 258 g/mol. The highest BCUT2D eigenvalue weighted by atomic mass is 16.1. The third-order valence-electron chi connectivity index (χ3n) is 3.36. The molecule has 0 aliphatic rings. The lowest BCUT2D eigenvalue weighted by atomic mass is 10.0. The van der Waals surface area contributed by atoms with Crippen LogP contribution in [0.4, 0.5) is 0 Å². The summed E-state index contributed by atoms with van der Waals surface area (Å²) in [5, 5.41) is 0. The SMILES string of the molecule is O=C(Cc1ccccc1)c1ccc(-c2ccccc2)nc1. The molecule has 0 N–H and O–H groups in total. The third-order valence-corrected chi connectivity index (χ3v) is 3.36. The Hall–Kier alpha value is -2.74. The highest BCUT2D eigenvalue weighted by molar-refractivity contribution is 5.97. The van der Waals surface area contributed by atoms with Crippen molar-refractivity contribution in [3.8, 4) is 11.3 Å². The second kappa shape index (κ2) is 6.14. The van der Waals surface area contributed by atoms with Crippen molar-refractivity contribution in [3.63, 3.8) is 0 Å². The zero-order chi connectivity index (χ0) is 14.5. The summed E-state index contributed by atoms with van der Waals surface area (Å²) in [4.78, 5) is 16.6. The Morgan fingerprint density at radius 3 is 2.10 bits per heavy atom. The molecule has 2 heteroatoms. The molecule has 102 valence electrons. The van der Waals surface area contributed by atoms with Crippen molar-refractivity contribution < 1.29 is 4.79 Å². The van der Waals surface area contributed by atoms with E-state index in [1.54, 1.807) is 6.20 Å². The van der Waals surface area contributed by atoms with Crippen molar-refractivity contribution >= 4 is 5.78 Å². The number of carbonyl (C=O) groups is 1. The molecule has 3 rings (SSSR count). The molecule has 0 saturated carbocycles. The van der Waals surface area contributed by atoms with Crippen LogP contribution in [0.2, 0.25) is 0 Å². The molecule has 0 aliphatic carbocycles. The Kier molecular flexibility index (Phi) is 3.88. The number of aromatic nitrogens is 1. The van der Waals surface area contributed by atoms with Crippen LogP contribution >= 0.6 is 0 Å². The fourth-order valence-electron chi connectivity index (χ4n) is 2.22. The van der Waals surface area contributed by atoms with E-state index < -0.39 is 0 Å². The summed E-state index contributed by atoms with van der Waals surface area (Å²) in [6, 6.07) is 23.4. The van der Waals surface area contributed by atoms with Gasteiger partial charge in [-0.15, -0.1) is 0 Å². The number of hydrogen-bond acceptors (Lipinski definition) is 2. The van der Waals surface area contributed by atoms with Gasteiger partial charge in [-0.3, -0.25) is 9.78 Å². The van der Waals surface area contributed by atoms with Gasteiger partial charge >= 0.3 is 0 Å². The molecule has 3 aromatic rings. The van der Waals surface area contributed by atoms with Crippen molar-refractivity contribution in [1.82, 2.24) is 4.98 Å². The van der Waals surface area contributed by atoms with E-state index in [0.29, 0.717) is 12.0 Å². The van der Waals surface area contributed by atoms with Gasteiger partial charge in [0.05, 0.1) is 5.69 Å². The van der Waals surface area contributed by atoms with Crippen LogP contribution in [0.3, 0.4) is 0 Å². The molecule has 21 heavy (non-hydrogen) atoms. The Labute approximate surface area is 124 Å². The first-order valence-electron chi connectivity index (χ1n) is 6.91. The Morgan fingerprint density at radius 1 is 0.810 bits per heavy atom. The molecule has 0 atom stereocenters. The molecule has 0 fully saturated rings. The molecule has 0 spiro atoms. The van der Waals surface area contributed by atoms with Crippen LogP contribution < -0.4 is 0 Å². The van der Waals surface area contributed by atoms with Gasteiger partial charge in [0.1, 0.15) is 0 Å². The van der Waals surface area contributed by atoms with E-state index >= 15 is 0 Å². The lowest BCUT2D eigenvalue weighted by Crippen LogP contribution is -2.04. The van der Waals surface area contributed by atoms with Crippen LogP contribution in [0, 0.1) is 0 Å². The summed E-state index contributed by atoms with van der Waals surface area (Å²) < 4.78 is 0. The van der Waals surface area contributed by atoms with Gasteiger partial charge in [-0.1, -0.05) is 60.7 Å². The molecule has 0 amide bonds. The van der Waals surface area contributed by atoms with E-state index in [0.717, 1.165) is 16.8 Å². The highest BCUT2D eigenvalue weighted by Gasteiger charge is 2.08. The molecular formula is C19H15NO. The number of rotatable bonds is 4. The average molecular weight is 273 g/mol. The topological polar surface area (TPSA) is 30.0 Å². The number of hydrogen-bond donors (Lipinski definition) is 0. The first-order chi connectivity index (χ1) is 10.3. The van der Waals surface area contributed by atoms with E-state index in [1.165, 1.54) is 0 Å². The van der Waals surface area contributed by atoms with Crippen LogP contribution in [-0.4, -0.2) is 10.8 Å². The predicted molar refractivity (Wildman–Crippen MR) is 84.1 cm³/mol. The van der Waals surface area contributed by atoms with Crippen molar-refractivity contribution in [2.75, 3.05) is 0 Å². The van der Waals surface area contributed by atoms with Gasteiger partial charge < -0.3 is 0 Å². The molecule has 1 heterocycles. The number of benzene rings is 2. The maximum atomic E-state index is 12.2. The molecule has 2 aromatic carbocycles. The summed E-state index contributed by atoms with van der Waals surface area (Å²) in [5.74, 6) is 0.0910. The van der Waals surface area contributed by atoms with Gasteiger partial charge in [-0.2, -0.15) is 0 Å². The van der Waals surface area contributed by atoms with E-state index in [4.69, 9.17) is 0 Å². The number of pyridine rings is 1. The van der Waals surface area contributed by atoms with Crippen LogP contribution in [0.15, 0.2) is 79.0 Å².